The Hall–Kier alpha value is -1.39. The second kappa shape index (κ2) is 4.00. The van der Waals surface area contributed by atoms with Crippen LogP contribution < -0.4 is 5.43 Å². The number of carbonyl (C=O) groups is 1. The molecule has 5 heteroatoms. The van der Waals surface area contributed by atoms with Crippen molar-refractivity contribution in [3.8, 4) is 0 Å². The Morgan fingerprint density at radius 3 is 2.67 bits per heavy atom. The summed E-state index contributed by atoms with van der Waals surface area (Å²) in [7, 11) is 1.77. The van der Waals surface area contributed by atoms with Gasteiger partial charge in [-0.2, -0.15) is 5.01 Å². The van der Waals surface area contributed by atoms with Gasteiger partial charge in [0.1, 0.15) is 5.84 Å². The predicted octanol–water partition coefficient (Wildman–Crippen LogP) is 1.06. The molecule has 15 heavy (non-hydrogen) atoms. The van der Waals surface area contributed by atoms with Crippen molar-refractivity contribution >= 4 is 23.7 Å². The average Bonchev–Trinajstić information content (AvgIpc) is 2.61. The van der Waals surface area contributed by atoms with Crippen LogP contribution in [0.2, 0.25) is 5.02 Å². The molecule has 0 aromatic heterocycles. The van der Waals surface area contributed by atoms with Gasteiger partial charge >= 0.3 is 0 Å². The molecule has 4 nitrogen and oxygen atoms in total. The maximum absolute atomic E-state index is 10.6. The van der Waals surface area contributed by atoms with E-state index in [0.29, 0.717) is 10.9 Å². The van der Waals surface area contributed by atoms with Crippen LogP contribution in [0.15, 0.2) is 29.3 Å². The van der Waals surface area contributed by atoms with E-state index in [-0.39, 0.29) is 0 Å². The third-order valence-electron chi connectivity index (χ3n) is 2.18. The number of likely N-dealkylation sites (N-methyl/N-ethyl adjacent to an activating group) is 1. The third-order valence-corrected chi connectivity index (χ3v) is 2.43. The van der Waals surface area contributed by atoms with Crippen molar-refractivity contribution in [1.82, 2.24) is 10.4 Å². The van der Waals surface area contributed by atoms with Gasteiger partial charge in [-0.3, -0.25) is 4.79 Å². The number of amidine groups is 1. The Labute approximate surface area is 92.5 Å². The van der Waals surface area contributed by atoms with E-state index in [1.807, 2.05) is 12.1 Å². The predicted molar refractivity (Wildman–Crippen MR) is 58.7 cm³/mol. The summed E-state index contributed by atoms with van der Waals surface area (Å²) in [5.74, 6) is 0.686. The second-order valence-electron chi connectivity index (χ2n) is 3.26. The molecular weight excluding hydrogens is 214 g/mol. The van der Waals surface area contributed by atoms with Gasteiger partial charge in [0.15, 0.2) is 12.5 Å². The van der Waals surface area contributed by atoms with E-state index in [1.165, 1.54) is 0 Å². The minimum Gasteiger partial charge on any atom is -0.301 e. The van der Waals surface area contributed by atoms with E-state index >= 15 is 0 Å². The highest BCUT2D eigenvalue weighted by Crippen LogP contribution is 2.12. The SMILES string of the molecule is CN1NC(c2ccc(Cl)cc2)=NC1C=O. The smallest absolute Gasteiger partial charge is 0.176 e. The number of aliphatic imine (C=N–C) groups is 1. The van der Waals surface area contributed by atoms with Gasteiger partial charge in [0.2, 0.25) is 0 Å². The topological polar surface area (TPSA) is 44.7 Å². The summed E-state index contributed by atoms with van der Waals surface area (Å²) >= 11 is 5.78. The lowest BCUT2D eigenvalue weighted by atomic mass is 10.2. The van der Waals surface area contributed by atoms with Gasteiger partial charge in [-0.05, 0) is 24.3 Å². The largest absolute Gasteiger partial charge is 0.301 e. The highest BCUT2D eigenvalue weighted by atomic mass is 35.5. The molecule has 0 spiro atoms. The van der Waals surface area contributed by atoms with Gasteiger partial charge in [-0.15, -0.1) is 0 Å². The highest BCUT2D eigenvalue weighted by Gasteiger charge is 2.22. The fourth-order valence-corrected chi connectivity index (χ4v) is 1.48. The third kappa shape index (κ3) is 2.00. The highest BCUT2D eigenvalue weighted by molar-refractivity contribution is 6.30. The van der Waals surface area contributed by atoms with Crippen LogP contribution in [0.25, 0.3) is 0 Å². The Morgan fingerprint density at radius 1 is 1.47 bits per heavy atom. The van der Waals surface area contributed by atoms with Crippen molar-refractivity contribution in [2.45, 2.75) is 6.17 Å². The van der Waals surface area contributed by atoms with Crippen molar-refractivity contribution in [3.05, 3.63) is 34.9 Å². The monoisotopic (exact) mass is 223 g/mol. The molecule has 1 aromatic rings. The van der Waals surface area contributed by atoms with Gasteiger partial charge in [0, 0.05) is 17.6 Å². The standard InChI is InChI=1S/C10H10ClN3O/c1-14-9(6-15)12-10(13-14)7-2-4-8(11)5-3-7/h2-6,9H,1H3,(H,12,13). The molecule has 1 aliphatic heterocycles. The maximum Gasteiger partial charge on any atom is 0.176 e. The molecule has 0 amide bonds. The molecule has 1 unspecified atom stereocenters. The molecule has 1 atom stereocenters. The number of benzene rings is 1. The van der Waals surface area contributed by atoms with Crippen LogP contribution >= 0.6 is 11.6 Å². The number of rotatable bonds is 2. The lowest BCUT2D eigenvalue weighted by Gasteiger charge is -2.12. The fourth-order valence-electron chi connectivity index (χ4n) is 1.35. The summed E-state index contributed by atoms with van der Waals surface area (Å²) in [5.41, 5.74) is 3.91. The van der Waals surface area contributed by atoms with Crippen LogP contribution in [-0.2, 0) is 4.79 Å². The molecule has 1 heterocycles. The number of nitrogens with one attached hydrogen (secondary N) is 1. The first-order valence-corrected chi connectivity index (χ1v) is 4.87. The zero-order valence-corrected chi connectivity index (χ0v) is 8.90. The van der Waals surface area contributed by atoms with Gasteiger partial charge < -0.3 is 5.43 Å². The number of nitrogens with zero attached hydrogens (tertiary/aromatic N) is 2. The molecule has 0 radical (unpaired) electrons. The lowest BCUT2D eigenvalue weighted by molar-refractivity contribution is -0.111. The molecule has 0 aliphatic carbocycles. The molecule has 1 aliphatic rings. The molecule has 0 bridgehead atoms. The van der Waals surface area contributed by atoms with Crippen molar-refractivity contribution < 1.29 is 4.79 Å². The van der Waals surface area contributed by atoms with Gasteiger partial charge in [0.05, 0.1) is 0 Å². The van der Waals surface area contributed by atoms with Gasteiger partial charge in [-0.25, -0.2) is 4.99 Å². The molecule has 0 saturated heterocycles. The lowest BCUT2D eigenvalue weighted by Crippen LogP contribution is -2.38. The van der Waals surface area contributed by atoms with E-state index < -0.39 is 6.17 Å². The summed E-state index contributed by atoms with van der Waals surface area (Å²) in [4.78, 5) is 14.8. The Bertz CT molecular complexity index is 402. The number of halogens is 1. The fraction of sp³-hybridized carbons (Fsp3) is 0.200. The molecule has 1 N–H and O–H groups in total. The van der Waals surface area contributed by atoms with Crippen LogP contribution in [0, 0.1) is 0 Å². The number of hydrogen-bond acceptors (Lipinski definition) is 4. The maximum atomic E-state index is 10.6. The molecule has 0 fully saturated rings. The average molecular weight is 224 g/mol. The molecule has 0 saturated carbocycles. The molecule has 2 rings (SSSR count). The first-order valence-electron chi connectivity index (χ1n) is 4.49. The van der Waals surface area contributed by atoms with Crippen LogP contribution in [-0.4, -0.2) is 30.3 Å². The minimum atomic E-state index is -0.448. The molecule has 78 valence electrons. The van der Waals surface area contributed by atoms with Crippen molar-refractivity contribution in [1.29, 1.82) is 0 Å². The second-order valence-corrected chi connectivity index (χ2v) is 3.69. The van der Waals surface area contributed by atoms with Gasteiger partial charge in [-0.1, -0.05) is 11.6 Å². The number of hydrazine groups is 1. The zero-order chi connectivity index (χ0) is 10.8. The Balaban J connectivity index is 2.26. The van der Waals surface area contributed by atoms with E-state index in [4.69, 9.17) is 11.6 Å². The summed E-state index contributed by atoms with van der Waals surface area (Å²) in [5, 5.41) is 2.33. The summed E-state index contributed by atoms with van der Waals surface area (Å²) < 4.78 is 0. The van der Waals surface area contributed by atoms with Crippen molar-refractivity contribution in [2.24, 2.45) is 4.99 Å². The van der Waals surface area contributed by atoms with E-state index in [2.05, 4.69) is 10.4 Å². The number of aldehydes is 1. The Kier molecular flexibility index (Phi) is 2.70. The van der Waals surface area contributed by atoms with Crippen molar-refractivity contribution in [3.63, 3.8) is 0 Å². The van der Waals surface area contributed by atoms with Gasteiger partial charge in [0.25, 0.3) is 0 Å². The van der Waals surface area contributed by atoms with E-state index in [9.17, 15) is 4.79 Å². The van der Waals surface area contributed by atoms with Crippen LogP contribution in [0.1, 0.15) is 5.56 Å². The zero-order valence-electron chi connectivity index (χ0n) is 8.14. The number of hydrogen-bond donors (Lipinski definition) is 1. The molecular formula is C10H10ClN3O. The van der Waals surface area contributed by atoms with Crippen LogP contribution in [0.4, 0.5) is 0 Å². The van der Waals surface area contributed by atoms with E-state index in [0.717, 1.165) is 11.8 Å². The minimum absolute atomic E-state index is 0.448. The first kappa shape index (κ1) is 10.1. The van der Waals surface area contributed by atoms with Crippen molar-refractivity contribution in [2.75, 3.05) is 7.05 Å². The van der Waals surface area contributed by atoms with E-state index in [1.54, 1.807) is 24.2 Å². The number of carbonyl (C=O) groups excluding carboxylic acids is 1. The molecule has 1 aromatic carbocycles. The van der Waals surface area contributed by atoms with Crippen LogP contribution in [0.5, 0.6) is 0 Å². The normalized spacial score (nSPS) is 20.9. The summed E-state index contributed by atoms with van der Waals surface area (Å²) in [6.07, 6.45) is 0.339. The quantitative estimate of drug-likeness (QED) is 0.763. The van der Waals surface area contributed by atoms with Crippen LogP contribution in [0.3, 0.4) is 0 Å². The first-order chi connectivity index (χ1) is 7.20. The summed E-state index contributed by atoms with van der Waals surface area (Å²) in [6.45, 7) is 0. The summed E-state index contributed by atoms with van der Waals surface area (Å²) in [6, 6.07) is 7.29. The Morgan fingerprint density at radius 2 is 2.13 bits per heavy atom.